The number of hydrogen-bond donors (Lipinski definition) is 1. The van der Waals surface area contributed by atoms with Crippen molar-refractivity contribution >= 4 is 23.3 Å². The average Bonchev–Trinajstić information content (AvgIpc) is 2.73. The van der Waals surface area contributed by atoms with Gasteiger partial charge in [-0.05, 0) is 62.2 Å². The van der Waals surface area contributed by atoms with E-state index in [1.807, 2.05) is 62.4 Å². The summed E-state index contributed by atoms with van der Waals surface area (Å²) in [6.07, 6.45) is 5.96. The van der Waals surface area contributed by atoms with Crippen molar-refractivity contribution in [3.05, 3.63) is 59.1 Å². The molecule has 2 aromatic carbocycles. The van der Waals surface area contributed by atoms with Gasteiger partial charge in [0, 0.05) is 10.7 Å². The fourth-order valence-electron chi connectivity index (χ4n) is 3.51. The second-order valence-electron chi connectivity index (χ2n) is 7.88. The first-order valence-corrected chi connectivity index (χ1v) is 11.2. The van der Waals surface area contributed by atoms with E-state index in [4.69, 9.17) is 21.1 Å². The Morgan fingerprint density at radius 3 is 2.20 bits per heavy atom. The Morgan fingerprint density at radius 2 is 1.63 bits per heavy atom. The largest absolute Gasteiger partial charge is 0.497 e. The second-order valence-corrected chi connectivity index (χ2v) is 8.32. The van der Waals surface area contributed by atoms with Gasteiger partial charge in [0.25, 0.3) is 0 Å². The minimum atomic E-state index is -0.990. The molecule has 5 heteroatoms. The number of carbonyl (C=O) groups excluding carboxylic acids is 1. The van der Waals surface area contributed by atoms with Crippen LogP contribution in [0.2, 0.25) is 5.02 Å². The summed E-state index contributed by atoms with van der Waals surface area (Å²) in [4.78, 5) is 13.5. The third kappa shape index (κ3) is 6.66. The van der Waals surface area contributed by atoms with Gasteiger partial charge in [-0.1, -0.05) is 62.8 Å². The predicted octanol–water partition coefficient (Wildman–Crippen LogP) is 6.97. The maximum absolute atomic E-state index is 13.5. The van der Waals surface area contributed by atoms with E-state index < -0.39 is 5.54 Å². The third-order valence-electron chi connectivity index (χ3n) is 5.13. The normalized spacial score (nSPS) is 13.0. The molecule has 1 N–H and O–H groups in total. The van der Waals surface area contributed by atoms with Crippen molar-refractivity contribution in [2.75, 3.05) is 12.4 Å². The molecule has 164 valence electrons. The van der Waals surface area contributed by atoms with Crippen LogP contribution in [0.4, 0.5) is 5.69 Å². The molecular weight excluding hydrogens is 398 g/mol. The average molecular weight is 432 g/mol. The van der Waals surface area contributed by atoms with Crippen LogP contribution in [0.15, 0.2) is 48.5 Å². The van der Waals surface area contributed by atoms with Crippen molar-refractivity contribution < 1.29 is 14.3 Å². The molecule has 0 aliphatic carbocycles. The number of carbonyl (C=O) groups is 1. The van der Waals surface area contributed by atoms with Crippen molar-refractivity contribution in [1.29, 1.82) is 0 Å². The van der Waals surface area contributed by atoms with E-state index in [9.17, 15) is 4.79 Å². The number of anilines is 1. The Bertz CT molecular complexity index is 774. The Kier molecular flexibility index (Phi) is 9.51. The lowest BCUT2D eigenvalue weighted by Gasteiger charge is -2.35. The first-order valence-electron chi connectivity index (χ1n) is 10.8. The van der Waals surface area contributed by atoms with Crippen LogP contribution in [0, 0.1) is 0 Å². The minimum absolute atomic E-state index is 0.207. The summed E-state index contributed by atoms with van der Waals surface area (Å²) >= 11 is 6.13. The number of unbranched alkanes of at least 4 members (excludes halogenated alkanes) is 4. The number of hydrogen-bond acceptors (Lipinski definition) is 4. The predicted molar refractivity (Wildman–Crippen MR) is 124 cm³/mol. The molecule has 4 nitrogen and oxygen atoms in total. The molecule has 0 aliphatic rings. The lowest BCUT2D eigenvalue weighted by Crippen LogP contribution is -2.45. The zero-order chi connectivity index (χ0) is 22.0. The molecular formula is C25H34ClNO3. The number of methoxy groups -OCH3 is 1. The Morgan fingerprint density at radius 1 is 1.00 bits per heavy atom. The van der Waals surface area contributed by atoms with Gasteiger partial charge in [0.05, 0.1) is 13.2 Å². The summed E-state index contributed by atoms with van der Waals surface area (Å²) in [5, 5.41) is 4.14. The maximum Gasteiger partial charge on any atom is 0.336 e. The minimum Gasteiger partial charge on any atom is -0.497 e. The standard InChI is InChI=1S/C25H34ClNO3/c1-5-6-7-8-9-18-25(24(28)30-19(2)3,20-10-12-21(26)13-11-20)27-22-14-16-23(29-4)17-15-22/h10-17,19,27H,5-9,18H2,1-4H3/t25-/m0/s1. The van der Waals surface area contributed by atoms with Crippen LogP contribution in [0.25, 0.3) is 0 Å². The summed E-state index contributed by atoms with van der Waals surface area (Å²) in [5.74, 6) is 0.494. The zero-order valence-corrected chi connectivity index (χ0v) is 19.3. The number of esters is 1. The number of rotatable bonds is 12. The first kappa shape index (κ1) is 24.1. The van der Waals surface area contributed by atoms with Crippen molar-refractivity contribution in [3.8, 4) is 5.75 Å². The molecule has 0 radical (unpaired) electrons. The summed E-state index contributed by atoms with van der Waals surface area (Å²) in [6, 6.07) is 15.1. The molecule has 1 atom stereocenters. The van der Waals surface area contributed by atoms with E-state index in [1.54, 1.807) is 7.11 Å². The molecule has 0 heterocycles. The number of ether oxygens (including phenoxy) is 2. The molecule has 2 aromatic rings. The Labute approximate surface area is 185 Å². The molecule has 0 bridgehead atoms. The van der Waals surface area contributed by atoms with E-state index in [0.717, 1.165) is 36.3 Å². The fourth-order valence-corrected chi connectivity index (χ4v) is 3.64. The molecule has 2 rings (SSSR count). The Balaban J connectivity index is 2.42. The van der Waals surface area contributed by atoms with E-state index in [-0.39, 0.29) is 12.1 Å². The van der Waals surface area contributed by atoms with Crippen LogP contribution >= 0.6 is 11.6 Å². The van der Waals surface area contributed by atoms with Gasteiger partial charge in [0.15, 0.2) is 5.54 Å². The topological polar surface area (TPSA) is 47.6 Å². The quantitative estimate of drug-likeness (QED) is 0.291. The van der Waals surface area contributed by atoms with Crippen molar-refractivity contribution in [1.82, 2.24) is 0 Å². The lowest BCUT2D eigenvalue weighted by molar-refractivity contribution is -0.153. The SMILES string of the molecule is CCCCCCC[C@@](Nc1ccc(OC)cc1)(C(=O)OC(C)C)c1ccc(Cl)cc1. The number of nitrogens with one attached hydrogen (secondary N) is 1. The summed E-state index contributed by atoms with van der Waals surface area (Å²) in [7, 11) is 1.64. The molecule has 30 heavy (non-hydrogen) atoms. The van der Waals surface area contributed by atoms with E-state index in [2.05, 4.69) is 12.2 Å². The first-order chi connectivity index (χ1) is 14.4. The summed E-state index contributed by atoms with van der Waals surface area (Å²) in [6.45, 7) is 5.95. The second kappa shape index (κ2) is 11.8. The highest BCUT2D eigenvalue weighted by molar-refractivity contribution is 6.30. The molecule has 0 aromatic heterocycles. The smallest absolute Gasteiger partial charge is 0.336 e. The monoisotopic (exact) mass is 431 g/mol. The summed E-state index contributed by atoms with van der Waals surface area (Å²) in [5.41, 5.74) is 0.694. The van der Waals surface area contributed by atoms with Gasteiger partial charge in [-0.15, -0.1) is 0 Å². The van der Waals surface area contributed by atoms with Crippen LogP contribution in [0.5, 0.6) is 5.75 Å². The molecule has 0 fully saturated rings. The van der Waals surface area contributed by atoms with Crippen LogP contribution in [-0.4, -0.2) is 19.2 Å². The van der Waals surface area contributed by atoms with Crippen LogP contribution in [0.3, 0.4) is 0 Å². The highest BCUT2D eigenvalue weighted by atomic mass is 35.5. The van der Waals surface area contributed by atoms with Gasteiger partial charge in [0.1, 0.15) is 5.75 Å². The van der Waals surface area contributed by atoms with E-state index in [1.165, 1.54) is 12.8 Å². The fraction of sp³-hybridized carbons (Fsp3) is 0.480. The molecule has 0 aliphatic heterocycles. The van der Waals surface area contributed by atoms with E-state index in [0.29, 0.717) is 11.4 Å². The molecule has 0 unspecified atom stereocenters. The highest BCUT2D eigenvalue weighted by Gasteiger charge is 2.42. The molecule has 0 saturated heterocycles. The van der Waals surface area contributed by atoms with E-state index >= 15 is 0 Å². The van der Waals surface area contributed by atoms with Crippen molar-refractivity contribution in [2.45, 2.75) is 70.9 Å². The Hall–Kier alpha value is -2.20. The zero-order valence-electron chi connectivity index (χ0n) is 18.5. The molecule has 0 spiro atoms. The molecule has 0 amide bonds. The van der Waals surface area contributed by atoms with Crippen molar-refractivity contribution in [3.63, 3.8) is 0 Å². The van der Waals surface area contributed by atoms with Gasteiger partial charge in [-0.3, -0.25) is 0 Å². The molecule has 0 saturated carbocycles. The number of benzene rings is 2. The lowest BCUT2D eigenvalue weighted by atomic mass is 9.84. The van der Waals surface area contributed by atoms with Gasteiger partial charge in [-0.25, -0.2) is 4.79 Å². The van der Waals surface area contributed by atoms with Crippen LogP contribution < -0.4 is 10.1 Å². The van der Waals surface area contributed by atoms with Gasteiger partial charge in [0.2, 0.25) is 0 Å². The van der Waals surface area contributed by atoms with Crippen molar-refractivity contribution in [2.24, 2.45) is 0 Å². The van der Waals surface area contributed by atoms with Crippen LogP contribution in [-0.2, 0) is 15.1 Å². The number of halogens is 1. The highest BCUT2D eigenvalue weighted by Crippen LogP contribution is 2.35. The van der Waals surface area contributed by atoms with Gasteiger partial charge < -0.3 is 14.8 Å². The van der Waals surface area contributed by atoms with Gasteiger partial charge >= 0.3 is 5.97 Å². The maximum atomic E-state index is 13.5. The third-order valence-corrected chi connectivity index (χ3v) is 5.38. The van der Waals surface area contributed by atoms with Gasteiger partial charge in [-0.2, -0.15) is 0 Å². The summed E-state index contributed by atoms with van der Waals surface area (Å²) < 4.78 is 11.0. The van der Waals surface area contributed by atoms with Crippen LogP contribution in [0.1, 0.15) is 64.9 Å².